The molecule has 5 nitrogen and oxygen atoms in total. The lowest BCUT2D eigenvalue weighted by molar-refractivity contribution is -0.134. The van der Waals surface area contributed by atoms with Gasteiger partial charge in [-0.1, -0.05) is 13.8 Å². The fourth-order valence-electron chi connectivity index (χ4n) is 1.09. The zero-order chi connectivity index (χ0) is 12.8. The van der Waals surface area contributed by atoms with E-state index in [1.54, 1.807) is 24.3 Å². The van der Waals surface area contributed by atoms with E-state index in [0.29, 0.717) is 18.2 Å². The molecule has 0 bridgehead atoms. The van der Waals surface area contributed by atoms with Crippen molar-refractivity contribution in [3.8, 4) is 5.75 Å². The molecule has 2 amide bonds. The van der Waals surface area contributed by atoms with Gasteiger partial charge in [0, 0.05) is 5.69 Å². The van der Waals surface area contributed by atoms with Gasteiger partial charge < -0.3 is 15.8 Å². The smallest absolute Gasteiger partial charge is 0.313 e. The number of hydrogen-bond donors (Lipinski definition) is 2. The lowest BCUT2D eigenvalue weighted by Gasteiger charge is -2.09. The Morgan fingerprint density at radius 3 is 2.35 bits per heavy atom. The van der Waals surface area contributed by atoms with Crippen molar-refractivity contribution in [1.29, 1.82) is 0 Å². The number of ether oxygens (including phenoxy) is 1. The van der Waals surface area contributed by atoms with Crippen LogP contribution in [0.1, 0.15) is 13.8 Å². The quantitative estimate of drug-likeness (QED) is 0.769. The minimum Gasteiger partial charge on any atom is -0.493 e. The van der Waals surface area contributed by atoms with Gasteiger partial charge in [-0.2, -0.15) is 0 Å². The van der Waals surface area contributed by atoms with Crippen LogP contribution in [0.2, 0.25) is 0 Å². The summed E-state index contributed by atoms with van der Waals surface area (Å²) < 4.78 is 5.47. The SMILES string of the molecule is CC(C)COc1ccc(NC(=O)C(N)=O)cc1. The van der Waals surface area contributed by atoms with Gasteiger partial charge >= 0.3 is 11.8 Å². The maximum absolute atomic E-state index is 11.0. The second kappa shape index (κ2) is 5.89. The predicted octanol–water partition coefficient (Wildman–Crippen LogP) is 1.15. The summed E-state index contributed by atoms with van der Waals surface area (Å²) in [7, 11) is 0. The van der Waals surface area contributed by atoms with E-state index >= 15 is 0 Å². The molecule has 0 heterocycles. The minimum absolute atomic E-state index is 0.448. The predicted molar refractivity (Wildman–Crippen MR) is 64.6 cm³/mol. The molecule has 0 saturated carbocycles. The molecule has 1 aromatic rings. The monoisotopic (exact) mass is 236 g/mol. The van der Waals surface area contributed by atoms with Crippen LogP contribution in [0.3, 0.4) is 0 Å². The molecule has 0 aliphatic heterocycles. The Labute approximate surface area is 99.9 Å². The van der Waals surface area contributed by atoms with E-state index < -0.39 is 11.8 Å². The van der Waals surface area contributed by atoms with Crippen LogP contribution in [0, 0.1) is 5.92 Å². The van der Waals surface area contributed by atoms with Gasteiger partial charge in [-0.3, -0.25) is 9.59 Å². The van der Waals surface area contributed by atoms with Crippen LogP contribution in [-0.2, 0) is 9.59 Å². The first-order chi connectivity index (χ1) is 7.99. The Morgan fingerprint density at radius 1 is 1.29 bits per heavy atom. The van der Waals surface area contributed by atoms with Crippen LogP contribution in [0.5, 0.6) is 5.75 Å². The van der Waals surface area contributed by atoms with Crippen molar-refractivity contribution in [3.05, 3.63) is 24.3 Å². The van der Waals surface area contributed by atoms with Crippen LogP contribution < -0.4 is 15.8 Å². The number of anilines is 1. The second-order valence-corrected chi connectivity index (χ2v) is 4.05. The standard InChI is InChI=1S/C12H16N2O3/c1-8(2)7-17-10-5-3-9(4-6-10)14-12(16)11(13)15/h3-6,8H,7H2,1-2H3,(H2,13,15)(H,14,16). The number of benzene rings is 1. The third-order valence-electron chi connectivity index (χ3n) is 1.92. The highest BCUT2D eigenvalue weighted by atomic mass is 16.5. The number of nitrogens with one attached hydrogen (secondary N) is 1. The number of carbonyl (C=O) groups excluding carboxylic acids is 2. The van der Waals surface area contributed by atoms with E-state index in [1.807, 2.05) is 0 Å². The second-order valence-electron chi connectivity index (χ2n) is 4.05. The van der Waals surface area contributed by atoms with Crippen molar-refractivity contribution >= 4 is 17.5 Å². The number of amides is 2. The zero-order valence-electron chi connectivity index (χ0n) is 9.90. The van der Waals surface area contributed by atoms with E-state index in [9.17, 15) is 9.59 Å². The van der Waals surface area contributed by atoms with Crippen LogP contribution in [0.4, 0.5) is 5.69 Å². The molecule has 0 aromatic heterocycles. The summed E-state index contributed by atoms with van der Waals surface area (Å²) in [5, 5.41) is 2.36. The molecule has 0 saturated heterocycles. The third kappa shape index (κ3) is 4.55. The van der Waals surface area contributed by atoms with E-state index in [2.05, 4.69) is 19.2 Å². The first-order valence-corrected chi connectivity index (χ1v) is 5.32. The fraction of sp³-hybridized carbons (Fsp3) is 0.333. The van der Waals surface area contributed by atoms with Gasteiger partial charge in [-0.15, -0.1) is 0 Å². The van der Waals surface area contributed by atoms with Gasteiger partial charge in [0.2, 0.25) is 0 Å². The Kier molecular flexibility index (Phi) is 4.51. The molecule has 1 aromatic carbocycles. The van der Waals surface area contributed by atoms with Crippen molar-refractivity contribution in [2.24, 2.45) is 11.7 Å². The third-order valence-corrected chi connectivity index (χ3v) is 1.92. The van der Waals surface area contributed by atoms with E-state index in [0.717, 1.165) is 5.75 Å². The maximum Gasteiger partial charge on any atom is 0.313 e. The first kappa shape index (κ1) is 13.0. The molecular formula is C12H16N2O3. The van der Waals surface area contributed by atoms with Crippen molar-refractivity contribution in [1.82, 2.24) is 0 Å². The summed E-state index contributed by atoms with van der Waals surface area (Å²) in [6.45, 7) is 4.75. The summed E-state index contributed by atoms with van der Waals surface area (Å²) in [6, 6.07) is 6.74. The van der Waals surface area contributed by atoms with Crippen molar-refractivity contribution in [3.63, 3.8) is 0 Å². The Morgan fingerprint density at radius 2 is 1.88 bits per heavy atom. The average molecular weight is 236 g/mol. The highest BCUT2D eigenvalue weighted by molar-refractivity contribution is 6.39. The van der Waals surface area contributed by atoms with Crippen molar-refractivity contribution in [2.45, 2.75) is 13.8 Å². The summed E-state index contributed by atoms with van der Waals surface area (Å²) in [5.74, 6) is -0.675. The molecule has 0 spiro atoms. The minimum atomic E-state index is -1.01. The van der Waals surface area contributed by atoms with Gasteiger partial charge in [-0.05, 0) is 30.2 Å². The van der Waals surface area contributed by atoms with Crippen LogP contribution >= 0.6 is 0 Å². The molecule has 3 N–H and O–H groups in total. The Balaban J connectivity index is 2.56. The number of hydrogen-bond acceptors (Lipinski definition) is 3. The van der Waals surface area contributed by atoms with Crippen LogP contribution in [0.15, 0.2) is 24.3 Å². The summed E-state index contributed by atoms with van der Waals surface area (Å²) in [5.41, 5.74) is 5.32. The van der Waals surface area contributed by atoms with E-state index in [4.69, 9.17) is 10.5 Å². The van der Waals surface area contributed by atoms with Gasteiger partial charge in [-0.25, -0.2) is 0 Å². The largest absolute Gasteiger partial charge is 0.493 e. The lowest BCUT2D eigenvalue weighted by atomic mass is 10.2. The lowest BCUT2D eigenvalue weighted by Crippen LogP contribution is -2.29. The average Bonchev–Trinajstić information content (AvgIpc) is 2.28. The highest BCUT2D eigenvalue weighted by Crippen LogP contribution is 2.16. The number of nitrogens with two attached hydrogens (primary N) is 1. The topological polar surface area (TPSA) is 81.4 Å². The van der Waals surface area contributed by atoms with Crippen LogP contribution in [0.25, 0.3) is 0 Å². The molecule has 0 atom stereocenters. The molecule has 92 valence electrons. The molecule has 5 heteroatoms. The van der Waals surface area contributed by atoms with Crippen molar-refractivity contribution < 1.29 is 14.3 Å². The van der Waals surface area contributed by atoms with E-state index in [1.165, 1.54) is 0 Å². The molecular weight excluding hydrogens is 220 g/mol. The Hall–Kier alpha value is -2.04. The number of primary amides is 1. The van der Waals surface area contributed by atoms with Crippen molar-refractivity contribution in [2.75, 3.05) is 11.9 Å². The number of carbonyl (C=O) groups is 2. The fourth-order valence-corrected chi connectivity index (χ4v) is 1.09. The normalized spacial score (nSPS) is 10.1. The maximum atomic E-state index is 11.0. The summed E-state index contributed by atoms with van der Waals surface area (Å²) in [6.07, 6.45) is 0. The first-order valence-electron chi connectivity index (χ1n) is 5.32. The molecule has 0 unspecified atom stereocenters. The van der Waals surface area contributed by atoms with E-state index in [-0.39, 0.29) is 0 Å². The van der Waals surface area contributed by atoms with Gasteiger partial charge in [0.15, 0.2) is 0 Å². The highest BCUT2D eigenvalue weighted by Gasteiger charge is 2.08. The van der Waals surface area contributed by atoms with Gasteiger partial charge in [0.25, 0.3) is 0 Å². The molecule has 1 rings (SSSR count). The molecule has 17 heavy (non-hydrogen) atoms. The van der Waals surface area contributed by atoms with Gasteiger partial charge in [0.05, 0.1) is 6.61 Å². The van der Waals surface area contributed by atoms with Gasteiger partial charge in [0.1, 0.15) is 5.75 Å². The number of rotatable bonds is 4. The molecule has 0 radical (unpaired) electrons. The zero-order valence-corrected chi connectivity index (χ0v) is 9.90. The molecule has 0 aliphatic rings. The Bertz CT molecular complexity index is 399. The summed E-state index contributed by atoms with van der Waals surface area (Å²) in [4.78, 5) is 21.5. The van der Waals surface area contributed by atoms with Crippen LogP contribution in [-0.4, -0.2) is 18.4 Å². The summed E-state index contributed by atoms with van der Waals surface area (Å²) >= 11 is 0. The molecule has 0 fully saturated rings. The molecule has 0 aliphatic carbocycles.